The Hall–Kier alpha value is 0.660. The molecule has 2 unspecified atom stereocenters. The topological polar surface area (TPSA) is 0 Å². The average Bonchev–Trinajstić information content (AvgIpc) is 2.59. The Labute approximate surface area is 106 Å². The summed E-state index contributed by atoms with van der Waals surface area (Å²) in [5.74, 6) is 0.812. The fourth-order valence-corrected chi connectivity index (χ4v) is 4.75. The lowest BCUT2D eigenvalue weighted by atomic mass is 10.1. The number of aryl methyl sites for hydroxylation is 1. The van der Waals surface area contributed by atoms with Crippen LogP contribution in [-0.4, -0.2) is 0 Å². The van der Waals surface area contributed by atoms with Gasteiger partial charge < -0.3 is 0 Å². The zero-order chi connectivity index (χ0) is 10.5. The highest BCUT2D eigenvalue weighted by Gasteiger charge is 2.50. The summed E-state index contributed by atoms with van der Waals surface area (Å²) in [6, 6.07) is 2.29. The number of alkyl halides is 1. The van der Waals surface area contributed by atoms with Crippen molar-refractivity contribution in [3.8, 4) is 0 Å². The Balaban J connectivity index is 2.16. The molecule has 0 bridgehead atoms. The molecule has 0 aromatic carbocycles. The molecule has 0 spiro atoms. The molecular formula is C11H14Br2S. The summed E-state index contributed by atoms with van der Waals surface area (Å²) >= 11 is 9.27. The van der Waals surface area contributed by atoms with E-state index < -0.39 is 0 Å². The SMILES string of the molecule is Cc1cc(C(Br)C2CC2(C)C)sc1Br. The molecule has 0 amide bonds. The van der Waals surface area contributed by atoms with Crippen molar-refractivity contribution in [3.63, 3.8) is 0 Å². The van der Waals surface area contributed by atoms with Crippen molar-refractivity contribution in [2.45, 2.75) is 32.0 Å². The van der Waals surface area contributed by atoms with Crippen LogP contribution in [0.1, 0.15) is 35.5 Å². The lowest BCUT2D eigenvalue weighted by Crippen LogP contribution is -1.96. The van der Waals surface area contributed by atoms with Gasteiger partial charge >= 0.3 is 0 Å². The second kappa shape index (κ2) is 3.60. The molecule has 2 rings (SSSR count). The van der Waals surface area contributed by atoms with Gasteiger partial charge in [0.25, 0.3) is 0 Å². The van der Waals surface area contributed by atoms with E-state index in [1.165, 1.54) is 20.6 Å². The molecule has 0 aliphatic heterocycles. The van der Waals surface area contributed by atoms with E-state index >= 15 is 0 Å². The van der Waals surface area contributed by atoms with E-state index in [2.05, 4.69) is 58.7 Å². The quantitative estimate of drug-likeness (QED) is 0.642. The molecule has 1 aliphatic rings. The molecule has 78 valence electrons. The van der Waals surface area contributed by atoms with Gasteiger partial charge in [-0.1, -0.05) is 29.8 Å². The van der Waals surface area contributed by atoms with Gasteiger partial charge in [0.1, 0.15) is 0 Å². The van der Waals surface area contributed by atoms with Gasteiger partial charge in [-0.25, -0.2) is 0 Å². The van der Waals surface area contributed by atoms with Crippen LogP contribution in [0.4, 0.5) is 0 Å². The highest BCUT2D eigenvalue weighted by Crippen LogP contribution is 2.61. The van der Waals surface area contributed by atoms with Crippen LogP contribution >= 0.6 is 43.2 Å². The first-order chi connectivity index (χ1) is 6.42. The van der Waals surface area contributed by atoms with Crippen LogP contribution in [-0.2, 0) is 0 Å². The van der Waals surface area contributed by atoms with Crippen molar-refractivity contribution in [3.05, 3.63) is 20.3 Å². The zero-order valence-electron chi connectivity index (χ0n) is 8.60. The van der Waals surface area contributed by atoms with E-state index in [9.17, 15) is 0 Å². The molecule has 14 heavy (non-hydrogen) atoms. The summed E-state index contributed by atoms with van der Waals surface area (Å²) in [5.41, 5.74) is 1.89. The van der Waals surface area contributed by atoms with E-state index in [-0.39, 0.29) is 0 Å². The molecule has 1 aliphatic carbocycles. The molecule has 1 aromatic rings. The maximum atomic E-state index is 3.83. The van der Waals surface area contributed by atoms with Gasteiger partial charge in [0.05, 0.1) is 8.61 Å². The van der Waals surface area contributed by atoms with Crippen molar-refractivity contribution in [1.82, 2.24) is 0 Å². The van der Waals surface area contributed by atoms with E-state index in [1.807, 2.05) is 11.3 Å². The number of hydrogen-bond acceptors (Lipinski definition) is 1. The van der Waals surface area contributed by atoms with Crippen molar-refractivity contribution < 1.29 is 0 Å². The number of halogens is 2. The van der Waals surface area contributed by atoms with Crippen LogP contribution in [0.3, 0.4) is 0 Å². The number of hydrogen-bond donors (Lipinski definition) is 0. The normalized spacial score (nSPS) is 26.2. The fraction of sp³-hybridized carbons (Fsp3) is 0.636. The third-order valence-corrected chi connectivity index (χ3v) is 6.75. The van der Waals surface area contributed by atoms with Crippen LogP contribution in [0.2, 0.25) is 0 Å². The minimum Gasteiger partial charge on any atom is -0.132 e. The van der Waals surface area contributed by atoms with Crippen LogP contribution in [0, 0.1) is 18.3 Å². The summed E-state index contributed by atoms with van der Waals surface area (Å²) in [6.45, 7) is 6.85. The van der Waals surface area contributed by atoms with E-state index in [4.69, 9.17) is 0 Å². The number of thiophene rings is 1. The average molecular weight is 338 g/mol. The molecule has 1 saturated carbocycles. The first-order valence-corrected chi connectivity index (χ1v) is 7.34. The largest absolute Gasteiger partial charge is 0.132 e. The molecule has 0 radical (unpaired) electrons. The Kier molecular flexibility index (Phi) is 2.87. The molecule has 1 aromatic heterocycles. The Morgan fingerprint density at radius 3 is 2.50 bits per heavy atom. The van der Waals surface area contributed by atoms with Gasteiger partial charge in [-0.3, -0.25) is 0 Å². The van der Waals surface area contributed by atoms with Crippen molar-refractivity contribution in [1.29, 1.82) is 0 Å². The van der Waals surface area contributed by atoms with Crippen LogP contribution in [0.25, 0.3) is 0 Å². The molecule has 0 saturated heterocycles. The summed E-state index contributed by atoms with van der Waals surface area (Å²) in [7, 11) is 0. The van der Waals surface area contributed by atoms with Gasteiger partial charge in [0, 0.05) is 4.88 Å². The molecule has 2 atom stereocenters. The lowest BCUT2D eigenvalue weighted by molar-refractivity contribution is 0.557. The van der Waals surface area contributed by atoms with Crippen molar-refractivity contribution >= 4 is 43.2 Å². The third-order valence-electron chi connectivity index (χ3n) is 3.09. The van der Waals surface area contributed by atoms with Crippen LogP contribution in [0.15, 0.2) is 9.85 Å². The molecular weight excluding hydrogens is 324 g/mol. The van der Waals surface area contributed by atoms with Gasteiger partial charge in [-0.15, -0.1) is 11.3 Å². The summed E-state index contributed by atoms with van der Waals surface area (Å²) in [6.07, 6.45) is 1.34. The highest BCUT2D eigenvalue weighted by molar-refractivity contribution is 9.11. The molecule has 1 heterocycles. The fourth-order valence-electron chi connectivity index (χ4n) is 1.83. The van der Waals surface area contributed by atoms with Crippen LogP contribution < -0.4 is 0 Å². The van der Waals surface area contributed by atoms with E-state index in [0.717, 1.165) is 5.92 Å². The lowest BCUT2D eigenvalue weighted by Gasteiger charge is -2.08. The first-order valence-electron chi connectivity index (χ1n) is 4.82. The summed E-state index contributed by atoms with van der Waals surface area (Å²) in [5, 5.41) is 0. The first kappa shape index (κ1) is 11.2. The Morgan fingerprint density at radius 1 is 1.57 bits per heavy atom. The van der Waals surface area contributed by atoms with E-state index in [0.29, 0.717) is 10.2 Å². The van der Waals surface area contributed by atoms with Gasteiger partial charge in [-0.2, -0.15) is 0 Å². The maximum absolute atomic E-state index is 3.83. The zero-order valence-corrected chi connectivity index (χ0v) is 12.6. The predicted octanol–water partition coefficient (Wildman–Crippen LogP) is 5.30. The second-order valence-corrected chi connectivity index (χ2v) is 8.19. The van der Waals surface area contributed by atoms with Crippen LogP contribution in [0.5, 0.6) is 0 Å². The molecule has 3 heteroatoms. The van der Waals surface area contributed by atoms with Gasteiger partial charge in [-0.05, 0) is 52.2 Å². The summed E-state index contributed by atoms with van der Waals surface area (Å²) in [4.78, 5) is 2.01. The third kappa shape index (κ3) is 1.96. The molecule has 1 fully saturated rings. The molecule has 0 nitrogen and oxygen atoms in total. The minimum absolute atomic E-state index is 0.540. The van der Waals surface area contributed by atoms with Gasteiger partial charge in [0.2, 0.25) is 0 Å². The number of rotatable bonds is 2. The van der Waals surface area contributed by atoms with E-state index in [1.54, 1.807) is 0 Å². The van der Waals surface area contributed by atoms with Crippen molar-refractivity contribution in [2.75, 3.05) is 0 Å². The highest BCUT2D eigenvalue weighted by atomic mass is 79.9. The minimum atomic E-state index is 0.540. The molecule has 0 N–H and O–H groups in total. The van der Waals surface area contributed by atoms with Crippen molar-refractivity contribution in [2.24, 2.45) is 11.3 Å². The summed E-state index contributed by atoms with van der Waals surface area (Å²) < 4.78 is 1.27. The predicted molar refractivity (Wildman–Crippen MR) is 70.3 cm³/mol. The standard InChI is InChI=1S/C11H14Br2S/c1-6-4-8(14-10(6)13)9(12)7-5-11(7,2)3/h4,7,9H,5H2,1-3H3. The second-order valence-electron chi connectivity index (χ2n) is 4.81. The van der Waals surface area contributed by atoms with Gasteiger partial charge in [0.15, 0.2) is 0 Å². The smallest absolute Gasteiger partial charge is 0.0730 e. The Bertz CT molecular complexity index is 335. The monoisotopic (exact) mass is 336 g/mol. The maximum Gasteiger partial charge on any atom is 0.0730 e. The Morgan fingerprint density at radius 2 is 2.14 bits per heavy atom.